The van der Waals surface area contributed by atoms with Gasteiger partial charge >= 0.3 is 0 Å². The summed E-state index contributed by atoms with van der Waals surface area (Å²) in [7, 11) is 1.61. The van der Waals surface area contributed by atoms with Gasteiger partial charge in [0.2, 0.25) is 0 Å². The second-order valence-electron chi connectivity index (χ2n) is 8.28. The average Bonchev–Trinajstić information content (AvgIpc) is 2.84. The summed E-state index contributed by atoms with van der Waals surface area (Å²) in [4.78, 5) is 15.8. The lowest BCUT2D eigenvalue weighted by Gasteiger charge is -2.29. The number of piperidine rings is 1. The van der Waals surface area contributed by atoms with Crippen LogP contribution in [-0.2, 0) is 4.79 Å². The van der Waals surface area contributed by atoms with E-state index >= 15 is 0 Å². The van der Waals surface area contributed by atoms with E-state index in [1.807, 2.05) is 55.5 Å². The van der Waals surface area contributed by atoms with E-state index in [-0.39, 0.29) is 5.91 Å². The molecule has 4 rings (SSSR count). The molecular formula is C27H31N3O2. The fourth-order valence-corrected chi connectivity index (χ4v) is 4.16. The molecule has 0 radical (unpaired) electrons. The number of methoxy groups -OCH3 is 1. The molecule has 1 unspecified atom stereocenters. The van der Waals surface area contributed by atoms with Crippen LogP contribution in [0.2, 0.25) is 0 Å². The molecule has 1 heterocycles. The Balaban J connectivity index is 1.55. The lowest BCUT2D eigenvalue weighted by molar-refractivity contribution is -0.117. The van der Waals surface area contributed by atoms with E-state index in [1.54, 1.807) is 7.11 Å². The predicted molar refractivity (Wildman–Crippen MR) is 132 cm³/mol. The van der Waals surface area contributed by atoms with Gasteiger partial charge in [0.1, 0.15) is 11.8 Å². The number of hydrogen-bond donors (Lipinski definition) is 2. The van der Waals surface area contributed by atoms with Crippen LogP contribution in [0.25, 0.3) is 0 Å². The maximum atomic E-state index is 13.4. The van der Waals surface area contributed by atoms with Gasteiger partial charge in [-0.1, -0.05) is 36.4 Å². The zero-order valence-electron chi connectivity index (χ0n) is 18.8. The van der Waals surface area contributed by atoms with Crippen molar-refractivity contribution in [1.29, 1.82) is 0 Å². The molecule has 5 heteroatoms. The lowest BCUT2D eigenvalue weighted by Crippen LogP contribution is -2.29. The molecule has 3 aromatic carbocycles. The lowest BCUT2D eigenvalue weighted by atomic mass is 10.0. The number of carbonyl (C=O) groups excluding carboxylic acids is 1. The maximum Gasteiger partial charge on any atom is 0.251 e. The van der Waals surface area contributed by atoms with Gasteiger partial charge in [0, 0.05) is 24.5 Å². The van der Waals surface area contributed by atoms with E-state index < -0.39 is 6.04 Å². The molecule has 0 aliphatic carbocycles. The molecule has 1 saturated heterocycles. The summed E-state index contributed by atoms with van der Waals surface area (Å²) in [6, 6.07) is 23.4. The molecule has 0 spiro atoms. The molecule has 1 atom stereocenters. The summed E-state index contributed by atoms with van der Waals surface area (Å²) in [5.74, 6) is 0.502. The highest BCUT2D eigenvalue weighted by Gasteiger charge is 2.22. The first-order chi connectivity index (χ1) is 15.6. The molecular weight excluding hydrogens is 398 g/mol. The van der Waals surface area contributed by atoms with Crippen molar-refractivity contribution in [1.82, 2.24) is 0 Å². The van der Waals surface area contributed by atoms with Gasteiger partial charge in [0.15, 0.2) is 0 Å². The number of nitrogens with zero attached hydrogens (tertiary/aromatic N) is 1. The topological polar surface area (TPSA) is 53.6 Å². The Morgan fingerprint density at radius 2 is 1.66 bits per heavy atom. The highest BCUT2D eigenvalue weighted by Crippen LogP contribution is 2.29. The van der Waals surface area contributed by atoms with Crippen LogP contribution < -0.4 is 20.3 Å². The first-order valence-electron chi connectivity index (χ1n) is 11.3. The normalized spacial score (nSPS) is 14.5. The van der Waals surface area contributed by atoms with Crippen LogP contribution in [0.5, 0.6) is 5.75 Å². The number of ether oxygens (including phenoxy) is 1. The second-order valence-corrected chi connectivity index (χ2v) is 8.28. The van der Waals surface area contributed by atoms with Crippen molar-refractivity contribution in [2.45, 2.75) is 32.2 Å². The Kier molecular flexibility index (Phi) is 6.95. The van der Waals surface area contributed by atoms with Crippen LogP contribution in [0, 0.1) is 6.92 Å². The molecule has 3 aromatic rings. The van der Waals surface area contributed by atoms with E-state index in [4.69, 9.17) is 4.74 Å². The third kappa shape index (κ3) is 5.22. The summed E-state index contributed by atoms with van der Waals surface area (Å²) in [6.07, 6.45) is 3.81. The van der Waals surface area contributed by atoms with Crippen LogP contribution in [0.15, 0.2) is 72.8 Å². The number of nitrogens with one attached hydrogen (secondary N) is 2. The fourth-order valence-electron chi connectivity index (χ4n) is 4.16. The molecule has 5 nitrogen and oxygen atoms in total. The molecule has 2 N–H and O–H groups in total. The number of rotatable bonds is 7. The summed E-state index contributed by atoms with van der Waals surface area (Å²) in [6.45, 7) is 4.21. The maximum absolute atomic E-state index is 13.4. The summed E-state index contributed by atoms with van der Waals surface area (Å²) >= 11 is 0. The zero-order valence-corrected chi connectivity index (χ0v) is 18.8. The van der Waals surface area contributed by atoms with Gasteiger partial charge in [-0.2, -0.15) is 0 Å². The molecule has 1 aliphatic rings. The predicted octanol–water partition coefficient (Wildman–Crippen LogP) is 5.79. The Morgan fingerprint density at radius 3 is 2.34 bits per heavy atom. The first-order valence-corrected chi connectivity index (χ1v) is 11.3. The van der Waals surface area contributed by atoms with Crippen molar-refractivity contribution in [3.05, 3.63) is 83.9 Å². The van der Waals surface area contributed by atoms with E-state index in [1.165, 1.54) is 24.9 Å². The monoisotopic (exact) mass is 429 g/mol. The number of amides is 1. The molecule has 0 bridgehead atoms. The van der Waals surface area contributed by atoms with Crippen molar-refractivity contribution in [3.63, 3.8) is 0 Å². The summed E-state index contributed by atoms with van der Waals surface area (Å²) in [5.41, 5.74) is 4.77. The smallest absolute Gasteiger partial charge is 0.251 e. The molecule has 32 heavy (non-hydrogen) atoms. The van der Waals surface area contributed by atoms with Gasteiger partial charge in [-0.25, -0.2) is 0 Å². The van der Waals surface area contributed by atoms with Gasteiger partial charge in [-0.05, 0) is 73.7 Å². The van der Waals surface area contributed by atoms with E-state index in [2.05, 4.69) is 39.8 Å². The first kappa shape index (κ1) is 21.8. The number of hydrogen-bond acceptors (Lipinski definition) is 4. The minimum absolute atomic E-state index is 0.139. The zero-order chi connectivity index (χ0) is 22.3. The van der Waals surface area contributed by atoms with Crippen LogP contribution in [0.1, 0.15) is 36.4 Å². The molecule has 0 saturated carbocycles. The average molecular weight is 430 g/mol. The SMILES string of the molecule is COc1ccc(C)cc1NC(=O)C(Nc1ccc(N2CCCCC2)cc1)c1ccccc1. The summed E-state index contributed by atoms with van der Waals surface area (Å²) < 4.78 is 5.44. The Bertz CT molecular complexity index is 1030. The van der Waals surface area contributed by atoms with Crippen molar-refractivity contribution >= 4 is 23.0 Å². The van der Waals surface area contributed by atoms with E-state index in [0.29, 0.717) is 11.4 Å². The van der Waals surface area contributed by atoms with Crippen LogP contribution >= 0.6 is 0 Å². The molecule has 166 valence electrons. The molecule has 0 aromatic heterocycles. The number of carbonyl (C=O) groups is 1. The van der Waals surface area contributed by atoms with E-state index in [9.17, 15) is 4.79 Å². The third-order valence-corrected chi connectivity index (χ3v) is 5.91. The van der Waals surface area contributed by atoms with Gasteiger partial charge < -0.3 is 20.3 Å². The van der Waals surface area contributed by atoms with Crippen molar-refractivity contribution in [3.8, 4) is 5.75 Å². The number of anilines is 3. The van der Waals surface area contributed by atoms with Crippen molar-refractivity contribution in [2.24, 2.45) is 0 Å². The minimum Gasteiger partial charge on any atom is -0.495 e. The Labute approximate surface area is 190 Å². The highest BCUT2D eigenvalue weighted by atomic mass is 16.5. The minimum atomic E-state index is -0.540. The standard InChI is InChI=1S/C27H31N3O2/c1-20-11-16-25(32-2)24(19-20)29-27(31)26(21-9-5-3-6-10-21)28-22-12-14-23(15-13-22)30-17-7-4-8-18-30/h3,5-6,9-16,19,26,28H,4,7-8,17-18H2,1-2H3,(H,29,31). The third-order valence-electron chi connectivity index (χ3n) is 5.91. The van der Waals surface area contributed by atoms with E-state index in [0.717, 1.165) is 29.9 Å². The summed E-state index contributed by atoms with van der Waals surface area (Å²) in [5, 5.41) is 6.48. The van der Waals surface area contributed by atoms with Gasteiger partial charge in [0.25, 0.3) is 5.91 Å². The van der Waals surface area contributed by atoms with Crippen LogP contribution in [0.3, 0.4) is 0 Å². The van der Waals surface area contributed by atoms with Crippen LogP contribution in [-0.4, -0.2) is 26.1 Å². The Morgan fingerprint density at radius 1 is 0.938 bits per heavy atom. The van der Waals surface area contributed by atoms with Crippen LogP contribution in [0.4, 0.5) is 17.1 Å². The largest absolute Gasteiger partial charge is 0.495 e. The Hall–Kier alpha value is -3.47. The van der Waals surface area contributed by atoms with Gasteiger partial charge in [-0.3, -0.25) is 4.79 Å². The number of benzene rings is 3. The quantitative estimate of drug-likeness (QED) is 0.499. The van der Waals surface area contributed by atoms with Crippen molar-refractivity contribution in [2.75, 3.05) is 35.7 Å². The fraction of sp³-hybridized carbons (Fsp3) is 0.296. The molecule has 1 aliphatic heterocycles. The number of aryl methyl sites for hydroxylation is 1. The second kappa shape index (κ2) is 10.2. The molecule has 1 fully saturated rings. The van der Waals surface area contributed by atoms with Crippen molar-refractivity contribution < 1.29 is 9.53 Å². The molecule has 1 amide bonds. The highest BCUT2D eigenvalue weighted by molar-refractivity contribution is 5.98. The van der Waals surface area contributed by atoms with Gasteiger partial charge in [0.05, 0.1) is 12.8 Å². The van der Waals surface area contributed by atoms with Gasteiger partial charge in [-0.15, -0.1) is 0 Å².